The summed E-state index contributed by atoms with van der Waals surface area (Å²) in [7, 11) is 0. The smallest absolute Gasteiger partial charge is 0.309 e. The van der Waals surface area contributed by atoms with Crippen molar-refractivity contribution in [2.45, 2.75) is 70.5 Å². The lowest BCUT2D eigenvalue weighted by atomic mass is 9.92. The molecule has 7 heteroatoms. The van der Waals surface area contributed by atoms with Crippen LogP contribution in [0.15, 0.2) is 66.7 Å². The van der Waals surface area contributed by atoms with Gasteiger partial charge in [0, 0.05) is 13.0 Å². The van der Waals surface area contributed by atoms with Crippen LogP contribution in [0.3, 0.4) is 0 Å². The van der Waals surface area contributed by atoms with Crippen molar-refractivity contribution < 1.29 is 24.2 Å². The van der Waals surface area contributed by atoms with Crippen molar-refractivity contribution in [3.05, 3.63) is 83.4 Å². The van der Waals surface area contributed by atoms with E-state index in [4.69, 9.17) is 4.74 Å². The van der Waals surface area contributed by atoms with E-state index in [0.29, 0.717) is 38.6 Å². The van der Waals surface area contributed by atoms with Crippen LogP contribution in [0.5, 0.6) is 0 Å². The molecule has 2 aromatic carbocycles. The average Bonchev–Trinajstić information content (AvgIpc) is 2.94. The van der Waals surface area contributed by atoms with Crippen molar-refractivity contribution in [1.82, 2.24) is 10.2 Å². The summed E-state index contributed by atoms with van der Waals surface area (Å²) in [4.78, 5) is 41.6. The van der Waals surface area contributed by atoms with E-state index >= 15 is 0 Å². The number of carbonyl (C=O) groups excluding carboxylic acids is 3. The Morgan fingerprint density at radius 3 is 2.49 bits per heavy atom. The molecule has 0 radical (unpaired) electrons. The number of cyclic esters (lactones) is 1. The highest BCUT2D eigenvalue weighted by Gasteiger charge is 2.34. The third-order valence-electron chi connectivity index (χ3n) is 7.64. The molecule has 7 nitrogen and oxygen atoms in total. The third-order valence-corrected chi connectivity index (χ3v) is 7.64. The van der Waals surface area contributed by atoms with Crippen LogP contribution in [0, 0.1) is 11.8 Å². The van der Waals surface area contributed by atoms with Crippen molar-refractivity contribution in [2.75, 3.05) is 13.2 Å². The number of aliphatic hydroxyl groups excluding tert-OH is 1. The van der Waals surface area contributed by atoms with E-state index < -0.39 is 11.5 Å². The largest absolute Gasteiger partial charge is 0.463 e. The highest BCUT2D eigenvalue weighted by Crippen LogP contribution is 2.26. The summed E-state index contributed by atoms with van der Waals surface area (Å²) in [6, 6.07) is 17.6. The van der Waals surface area contributed by atoms with Gasteiger partial charge in [0.2, 0.25) is 11.8 Å². The molecule has 2 heterocycles. The number of aliphatic hydroxyl groups is 1. The maximum absolute atomic E-state index is 13.5. The van der Waals surface area contributed by atoms with Gasteiger partial charge in [-0.3, -0.25) is 14.4 Å². The van der Waals surface area contributed by atoms with Crippen molar-refractivity contribution in [3.8, 4) is 0 Å². The monoisotopic (exact) mass is 532 g/mol. The Morgan fingerprint density at radius 1 is 1.03 bits per heavy atom. The maximum atomic E-state index is 13.5. The molecule has 2 amide bonds. The van der Waals surface area contributed by atoms with Crippen LogP contribution in [0.1, 0.15) is 56.2 Å². The van der Waals surface area contributed by atoms with E-state index in [9.17, 15) is 19.5 Å². The molecule has 4 rings (SSSR count). The molecule has 0 aliphatic carbocycles. The highest BCUT2D eigenvalue weighted by molar-refractivity contribution is 5.86. The van der Waals surface area contributed by atoms with Gasteiger partial charge in [-0.05, 0) is 62.6 Å². The van der Waals surface area contributed by atoms with E-state index in [-0.39, 0.29) is 49.4 Å². The quantitative estimate of drug-likeness (QED) is 0.449. The van der Waals surface area contributed by atoms with E-state index in [1.807, 2.05) is 80.6 Å². The molecule has 208 valence electrons. The fourth-order valence-corrected chi connectivity index (χ4v) is 5.37. The summed E-state index contributed by atoms with van der Waals surface area (Å²) in [6.45, 7) is 3.99. The molecule has 0 spiro atoms. The minimum Gasteiger partial charge on any atom is -0.463 e. The number of allylic oxidation sites excluding steroid dienone is 2. The van der Waals surface area contributed by atoms with Gasteiger partial charge < -0.3 is 20.1 Å². The van der Waals surface area contributed by atoms with Gasteiger partial charge in [-0.15, -0.1) is 0 Å². The average molecular weight is 533 g/mol. The number of benzene rings is 2. The molecule has 0 fully saturated rings. The summed E-state index contributed by atoms with van der Waals surface area (Å²) in [6.07, 6.45) is 6.91. The van der Waals surface area contributed by atoms with Crippen LogP contribution in [-0.2, 0) is 38.5 Å². The number of esters is 1. The normalized spacial score (nSPS) is 23.9. The van der Waals surface area contributed by atoms with Gasteiger partial charge in [0.1, 0.15) is 6.61 Å². The van der Waals surface area contributed by atoms with Crippen LogP contribution >= 0.6 is 0 Å². The van der Waals surface area contributed by atoms with Crippen LogP contribution < -0.4 is 5.32 Å². The molecule has 0 bridgehead atoms. The Bertz CT molecular complexity index is 1180. The number of fused-ring (bicyclic) bond motifs is 1. The third kappa shape index (κ3) is 7.79. The molecule has 0 saturated carbocycles. The van der Waals surface area contributed by atoms with Gasteiger partial charge in [-0.2, -0.15) is 0 Å². The van der Waals surface area contributed by atoms with Crippen molar-refractivity contribution >= 4 is 17.8 Å². The zero-order chi connectivity index (χ0) is 27.8. The molecule has 39 heavy (non-hydrogen) atoms. The summed E-state index contributed by atoms with van der Waals surface area (Å²) in [5.74, 6) is -1.50. The van der Waals surface area contributed by atoms with Gasteiger partial charge in [0.25, 0.3) is 0 Å². The molecule has 2 N–H and O–H groups in total. The van der Waals surface area contributed by atoms with Crippen LogP contribution in [-0.4, -0.2) is 52.6 Å². The van der Waals surface area contributed by atoms with E-state index in [1.54, 1.807) is 4.90 Å². The first-order valence-electron chi connectivity index (χ1n) is 13.9. The first kappa shape index (κ1) is 28.6. The van der Waals surface area contributed by atoms with Gasteiger partial charge in [-0.25, -0.2) is 0 Å². The topological polar surface area (TPSA) is 95.9 Å². The molecular weight excluding hydrogens is 492 g/mol. The zero-order valence-corrected chi connectivity index (χ0v) is 23.0. The predicted octanol–water partition coefficient (Wildman–Crippen LogP) is 3.98. The minimum atomic E-state index is -0.791. The van der Waals surface area contributed by atoms with Gasteiger partial charge in [-0.1, -0.05) is 66.7 Å². The number of nitrogens with one attached hydrogen (secondary N) is 1. The summed E-state index contributed by atoms with van der Waals surface area (Å²) in [5, 5.41) is 13.0. The number of hydrogen-bond donors (Lipinski definition) is 2. The van der Waals surface area contributed by atoms with Gasteiger partial charge in [0.15, 0.2) is 0 Å². The number of amides is 2. The second kappa shape index (κ2) is 13.1. The standard InChI is InChI=1S/C32H40N2O5/c1-32(2)22-39-31(38)26(17-23-11-5-3-6-12-23)15-8-4-7-14-25(30(37)33-32)19-29(36)34-20-27-16-10-9-13-24(27)18-28(34)21-35/h3-7,9-13,16,25-26,28,35H,8,14-15,17-22H2,1-2H3,(H,33,37). The van der Waals surface area contributed by atoms with Crippen LogP contribution in [0.25, 0.3) is 0 Å². The Kier molecular flexibility index (Phi) is 9.57. The number of hydrogen-bond acceptors (Lipinski definition) is 5. The molecule has 0 aromatic heterocycles. The van der Waals surface area contributed by atoms with Gasteiger partial charge in [0.05, 0.1) is 30.0 Å². The van der Waals surface area contributed by atoms with Gasteiger partial charge >= 0.3 is 5.97 Å². The fraction of sp³-hybridized carbons (Fsp3) is 0.469. The lowest BCUT2D eigenvalue weighted by Gasteiger charge is -2.37. The summed E-state index contributed by atoms with van der Waals surface area (Å²) in [5.41, 5.74) is 2.51. The van der Waals surface area contributed by atoms with E-state index in [0.717, 1.165) is 16.7 Å². The molecule has 2 aliphatic heterocycles. The molecule has 0 saturated heterocycles. The first-order chi connectivity index (χ1) is 18.8. The van der Waals surface area contributed by atoms with E-state index in [1.165, 1.54) is 0 Å². The highest BCUT2D eigenvalue weighted by atomic mass is 16.5. The summed E-state index contributed by atoms with van der Waals surface area (Å²) >= 11 is 0. The number of nitrogens with zero attached hydrogens (tertiary/aromatic N) is 1. The number of carbonyl (C=O) groups is 3. The Hall–Kier alpha value is -3.45. The maximum Gasteiger partial charge on any atom is 0.309 e. The SMILES string of the molecule is CC1(C)COC(=O)C(Cc2ccccc2)CCC=CCC(CC(=O)N2Cc3ccccc3CC2CO)C(=O)N1. The lowest BCUT2D eigenvalue weighted by Crippen LogP contribution is -2.51. The Morgan fingerprint density at radius 2 is 1.74 bits per heavy atom. The Labute approximate surface area is 231 Å². The number of ether oxygens (including phenoxy) is 1. The van der Waals surface area contributed by atoms with Crippen molar-refractivity contribution in [2.24, 2.45) is 11.8 Å². The molecule has 2 aromatic rings. The van der Waals surface area contributed by atoms with Crippen molar-refractivity contribution in [3.63, 3.8) is 0 Å². The molecule has 3 unspecified atom stereocenters. The second-order valence-electron chi connectivity index (χ2n) is 11.4. The fourth-order valence-electron chi connectivity index (χ4n) is 5.37. The molecule has 2 aliphatic rings. The Balaban J connectivity index is 1.47. The lowest BCUT2D eigenvalue weighted by molar-refractivity contribution is -0.151. The summed E-state index contributed by atoms with van der Waals surface area (Å²) < 4.78 is 5.70. The number of rotatable bonds is 5. The first-order valence-corrected chi connectivity index (χ1v) is 13.9. The zero-order valence-electron chi connectivity index (χ0n) is 23.0. The molecule has 3 atom stereocenters. The second-order valence-corrected chi connectivity index (χ2v) is 11.4. The predicted molar refractivity (Wildman–Crippen MR) is 149 cm³/mol. The molecular formula is C32H40N2O5. The van der Waals surface area contributed by atoms with Crippen molar-refractivity contribution in [1.29, 1.82) is 0 Å². The van der Waals surface area contributed by atoms with Crippen LogP contribution in [0.4, 0.5) is 0 Å². The van der Waals surface area contributed by atoms with Crippen LogP contribution in [0.2, 0.25) is 0 Å². The van der Waals surface area contributed by atoms with E-state index in [2.05, 4.69) is 5.32 Å². The minimum absolute atomic E-state index is 0.0430.